The fourth-order valence-corrected chi connectivity index (χ4v) is 2.25. The summed E-state index contributed by atoms with van der Waals surface area (Å²) in [6, 6.07) is 0. The van der Waals surface area contributed by atoms with E-state index in [1.54, 1.807) is 6.20 Å². The molecule has 1 aliphatic rings. The molecule has 0 atom stereocenters. The molecular weight excluding hydrogens is 290 g/mol. The zero-order valence-corrected chi connectivity index (χ0v) is 13.5. The van der Waals surface area contributed by atoms with Gasteiger partial charge in [-0.2, -0.15) is 5.10 Å². The smallest absolute Gasteiger partial charge is 0.291 e. The van der Waals surface area contributed by atoms with Crippen LogP contribution in [0.4, 0.5) is 5.69 Å². The monoisotopic (exact) mass is 313 g/mol. The van der Waals surface area contributed by atoms with E-state index in [1.807, 2.05) is 13.8 Å². The van der Waals surface area contributed by atoms with Gasteiger partial charge in [-0.1, -0.05) is 11.6 Å². The molecule has 118 valence electrons. The Morgan fingerprint density at radius 1 is 1.48 bits per heavy atom. The van der Waals surface area contributed by atoms with E-state index in [-0.39, 0.29) is 11.7 Å². The van der Waals surface area contributed by atoms with Crippen molar-refractivity contribution in [2.24, 2.45) is 5.92 Å². The summed E-state index contributed by atoms with van der Waals surface area (Å²) in [5, 5.41) is 7.64. The van der Waals surface area contributed by atoms with Gasteiger partial charge in [0.05, 0.1) is 17.3 Å². The lowest BCUT2D eigenvalue weighted by Crippen LogP contribution is -2.27. The third-order valence-electron chi connectivity index (χ3n) is 3.45. The second-order valence-electron chi connectivity index (χ2n) is 5.85. The third kappa shape index (κ3) is 5.32. The van der Waals surface area contributed by atoms with Gasteiger partial charge in [-0.05, 0) is 45.4 Å². The van der Waals surface area contributed by atoms with Crippen LogP contribution in [0, 0.1) is 5.92 Å². The summed E-state index contributed by atoms with van der Waals surface area (Å²) in [6.45, 7) is 6.21. The van der Waals surface area contributed by atoms with Crippen molar-refractivity contribution in [3.8, 4) is 0 Å². The molecule has 1 saturated carbocycles. The average Bonchev–Trinajstić information content (AvgIpc) is 3.24. The first-order valence-corrected chi connectivity index (χ1v) is 8.07. The molecule has 1 aromatic heterocycles. The molecule has 1 aromatic rings. The van der Waals surface area contributed by atoms with Gasteiger partial charge in [-0.15, -0.1) is 0 Å². The third-order valence-corrected chi connectivity index (χ3v) is 3.74. The minimum atomic E-state index is -0.118. The van der Waals surface area contributed by atoms with Crippen LogP contribution in [0.1, 0.15) is 39.5 Å². The van der Waals surface area contributed by atoms with Crippen LogP contribution >= 0.6 is 11.6 Å². The molecule has 2 rings (SSSR count). The van der Waals surface area contributed by atoms with Gasteiger partial charge < -0.3 is 10.1 Å². The molecule has 1 fully saturated rings. The second-order valence-corrected chi connectivity index (χ2v) is 6.26. The summed E-state index contributed by atoms with van der Waals surface area (Å²) < 4.78 is 7.00. The van der Waals surface area contributed by atoms with Crippen molar-refractivity contribution in [1.82, 2.24) is 9.78 Å². The van der Waals surface area contributed by atoms with Crippen LogP contribution < -0.4 is 10.9 Å². The van der Waals surface area contributed by atoms with E-state index in [9.17, 15) is 4.79 Å². The predicted molar refractivity (Wildman–Crippen MR) is 85.0 cm³/mol. The van der Waals surface area contributed by atoms with Crippen LogP contribution in [0.2, 0.25) is 5.02 Å². The lowest BCUT2D eigenvalue weighted by Gasteiger charge is -2.11. The number of ether oxygens (including phenoxy) is 1. The van der Waals surface area contributed by atoms with Crippen molar-refractivity contribution >= 4 is 17.3 Å². The molecule has 0 amide bonds. The van der Waals surface area contributed by atoms with Gasteiger partial charge in [0.25, 0.3) is 5.56 Å². The van der Waals surface area contributed by atoms with Crippen LogP contribution in [0.15, 0.2) is 11.0 Å². The largest absolute Gasteiger partial charge is 0.379 e. The lowest BCUT2D eigenvalue weighted by atomic mass is 10.3. The van der Waals surface area contributed by atoms with E-state index >= 15 is 0 Å². The highest BCUT2D eigenvalue weighted by molar-refractivity contribution is 6.32. The van der Waals surface area contributed by atoms with Crippen LogP contribution in [-0.2, 0) is 11.3 Å². The van der Waals surface area contributed by atoms with E-state index in [2.05, 4.69) is 10.4 Å². The van der Waals surface area contributed by atoms with Crippen molar-refractivity contribution in [2.75, 3.05) is 18.5 Å². The zero-order chi connectivity index (χ0) is 15.2. The number of unbranched alkanes of at least 4 members (excludes halogenated alkanes) is 1. The highest BCUT2D eigenvalue weighted by Gasteiger charge is 2.23. The summed E-state index contributed by atoms with van der Waals surface area (Å²) in [6.07, 6.45) is 6.10. The Balaban J connectivity index is 1.82. The molecule has 6 heteroatoms. The minimum absolute atomic E-state index is 0.118. The highest BCUT2D eigenvalue weighted by atomic mass is 35.5. The van der Waals surface area contributed by atoms with Gasteiger partial charge in [0.15, 0.2) is 0 Å². The number of hydrogen-bond donors (Lipinski definition) is 1. The second kappa shape index (κ2) is 7.80. The molecule has 1 aliphatic carbocycles. The van der Waals surface area contributed by atoms with Crippen LogP contribution in [0.5, 0.6) is 0 Å². The van der Waals surface area contributed by atoms with E-state index in [0.29, 0.717) is 29.7 Å². The molecule has 0 saturated heterocycles. The summed E-state index contributed by atoms with van der Waals surface area (Å²) in [7, 11) is 0. The summed E-state index contributed by atoms with van der Waals surface area (Å²) >= 11 is 6.07. The number of hydrogen-bond acceptors (Lipinski definition) is 4. The van der Waals surface area contributed by atoms with Crippen molar-refractivity contribution in [1.29, 1.82) is 0 Å². The summed E-state index contributed by atoms with van der Waals surface area (Å²) in [4.78, 5) is 12.3. The zero-order valence-electron chi connectivity index (χ0n) is 12.8. The SMILES string of the molecule is CC(C)OCCCCNc1c(Cl)cnn(CC2CC2)c1=O. The Labute approximate surface area is 130 Å². The number of nitrogens with one attached hydrogen (secondary N) is 1. The van der Waals surface area contributed by atoms with Crippen molar-refractivity contribution in [3.63, 3.8) is 0 Å². The fraction of sp³-hybridized carbons (Fsp3) is 0.733. The first-order chi connectivity index (χ1) is 10.1. The first-order valence-electron chi connectivity index (χ1n) is 7.69. The maximum atomic E-state index is 12.3. The number of halogens is 1. The first kappa shape index (κ1) is 16.3. The Morgan fingerprint density at radius 3 is 2.90 bits per heavy atom. The topological polar surface area (TPSA) is 56.1 Å². The molecule has 1 heterocycles. The quantitative estimate of drug-likeness (QED) is 0.712. The molecule has 1 N–H and O–H groups in total. The molecule has 0 bridgehead atoms. The van der Waals surface area contributed by atoms with E-state index in [1.165, 1.54) is 17.5 Å². The Kier molecular flexibility index (Phi) is 6.06. The Morgan fingerprint density at radius 2 is 2.24 bits per heavy atom. The fourth-order valence-electron chi connectivity index (χ4n) is 2.06. The minimum Gasteiger partial charge on any atom is -0.379 e. The van der Waals surface area contributed by atoms with Crippen molar-refractivity contribution < 1.29 is 4.74 Å². The van der Waals surface area contributed by atoms with E-state index < -0.39 is 0 Å². The van der Waals surface area contributed by atoms with Gasteiger partial charge in [-0.25, -0.2) is 4.68 Å². The lowest BCUT2D eigenvalue weighted by molar-refractivity contribution is 0.0765. The molecule has 0 spiro atoms. The number of rotatable bonds is 9. The molecule has 0 aromatic carbocycles. The maximum Gasteiger partial charge on any atom is 0.291 e. The Bertz CT molecular complexity index is 512. The molecular formula is C15H24ClN3O2. The normalized spacial score (nSPS) is 14.7. The summed E-state index contributed by atoms with van der Waals surface area (Å²) in [5.74, 6) is 0.609. The van der Waals surface area contributed by atoms with Crippen molar-refractivity contribution in [3.05, 3.63) is 21.6 Å². The maximum absolute atomic E-state index is 12.3. The van der Waals surface area contributed by atoms with Gasteiger partial charge in [-0.3, -0.25) is 4.79 Å². The molecule has 0 radical (unpaired) electrons. The van der Waals surface area contributed by atoms with Gasteiger partial charge >= 0.3 is 0 Å². The summed E-state index contributed by atoms with van der Waals surface area (Å²) in [5.41, 5.74) is 0.352. The number of anilines is 1. The van der Waals surface area contributed by atoms with Gasteiger partial charge in [0.2, 0.25) is 0 Å². The van der Waals surface area contributed by atoms with Crippen LogP contribution in [0.3, 0.4) is 0 Å². The van der Waals surface area contributed by atoms with E-state index in [0.717, 1.165) is 19.4 Å². The number of nitrogens with zero attached hydrogens (tertiary/aromatic N) is 2. The van der Waals surface area contributed by atoms with Crippen LogP contribution in [0.25, 0.3) is 0 Å². The van der Waals surface area contributed by atoms with Crippen molar-refractivity contribution in [2.45, 2.75) is 52.2 Å². The average molecular weight is 314 g/mol. The number of aromatic nitrogens is 2. The Hall–Kier alpha value is -1.07. The molecule has 0 unspecified atom stereocenters. The predicted octanol–water partition coefficient (Wildman–Crippen LogP) is 2.92. The van der Waals surface area contributed by atoms with Gasteiger partial charge in [0.1, 0.15) is 5.69 Å². The van der Waals surface area contributed by atoms with Crippen LogP contribution in [-0.4, -0.2) is 29.0 Å². The van der Waals surface area contributed by atoms with Gasteiger partial charge in [0, 0.05) is 19.7 Å². The molecule has 5 nitrogen and oxygen atoms in total. The van der Waals surface area contributed by atoms with E-state index in [4.69, 9.17) is 16.3 Å². The highest BCUT2D eigenvalue weighted by Crippen LogP contribution is 2.30. The molecule has 21 heavy (non-hydrogen) atoms. The standard InChI is InChI=1S/C15H24ClN3O2/c1-11(2)21-8-4-3-7-17-14-13(16)9-18-19(15(14)20)10-12-5-6-12/h9,11-12,17H,3-8,10H2,1-2H3. The molecule has 0 aliphatic heterocycles.